The van der Waals surface area contributed by atoms with Crippen LogP contribution in [-0.2, 0) is 0 Å². The highest BCUT2D eigenvalue weighted by atomic mass is 35.5. The van der Waals surface area contributed by atoms with Crippen LogP contribution in [0.2, 0.25) is 0 Å². The maximum absolute atomic E-state index is 12.6. The third kappa shape index (κ3) is 4.99. The fraction of sp³-hybridized carbons (Fsp3) is 0.526. The first-order valence-corrected chi connectivity index (χ1v) is 9.17. The first-order chi connectivity index (χ1) is 12.5. The topological polar surface area (TPSA) is 81.1 Å². The summed E-state index contributed by atoms with van der Waals surface area (Å²) >= 11 is 0. The van der Waals surface area contributed by atoms with E-state index in [0.717, 1.165) is 48.6 Å². The van der Waals surface area contributed by atoms with Crippen molar-refractivity contribution in [1.29, 1.82) is 0 Å². The van der Waals surface area contributed by atoms with Gasteiger partial charge in [-0.3, -0.25) is 4.79 Å². The maximum Gasteiger partial charge on any atom is 0.278 e. The summed E-state index contributed by atoms with van der Waals surface area (Å²) in [7, 11) is 0. The zero-order valence-corrected chi connectivity index (χ0v) is 17.1. The molecule has 2 aromatic rings. The molecule has 1 aromatic heterocycles. The zero-order chi connectivity index (χ0) is 18.7. The van der Waals surface area contributed by atoms with Crippen molar-refractivity contribution in [3.05, 3.63) is 35.2 Å². The number of aromatic nitrogens is 3. The van der Waals surface area contributed by atoms with Crippen molar-refractivity contribution in [2.24, 2.45) is 0 Å². The number of anilines is 1. The average molecular weight is 394 g/mol. The predicted molar refractivity (Wildman–Crippen MR) is 108 cm³/mol. The second-order valence-electron chi connectivity index (χ2n) is 7.05. The Hall–Kier alpha value is -2.12. The fourth-order valence-electron chi connectivity index (χ4n) is 3.25. The van der Waals surface area contributed by atoms with E-state index in [1.807, 2.05) is 50.6 Å². The number of aryl methyl sites for hydroxylation is 1. The molecule has 0 unspecified atom stereocenters. The van der Waals surface area contributed by atoms with E-state index in [1.54, 1.807) is 0 Å². The monoisotopic (exact) mass is 393 g/mol. The zero-order valence-electron chi connectivity index (χ0n) is 16.3. The number of nitrogens with zero attached hydrogens (tertiary/aromatic N) is 3. The molecule has 148 valence electrons. The maximum atomic E-state index is 12.6. The number of piperidine rings is 1. The highest BCUT2D eigenvalue weighted by Crippen LogP contribution is 2.24. The van der Waals surface area contributed by atoms with Gasteiger partial charge in [0.2, 0.25) is 0 Å². The molecule has 0 radical (unpaired) electrons. The minimum Gasteiger partial charge on any atom is -0.491 e. The molecule has 1 aliphatic heterocycles. The molecule has 1 aromatic carbocycles. The van der Waals surface area contributed by atoms with Gasteiger partial charge >= 0.3 is 0 Å². The van der Waals surface area contributed by atoms with Crippen molar-refractivity contribution < 1.29 is 9.53 Å². The van der Waals surface area contributed by atoms with Gasteiger partial charge in [0.25, 0.3) is 5.91 Å². The summed E-state index contributed by atoms with van der Waals surface area (Å²) in [5, 5.41) is 14.6. The number of ether oxygens (including phenoxy) is 1. The Morgan fingerprint density at radius 2 is 2.00 bits per heavy atom. The highest BCUT2D eigenvalue weighted by Gasteiger charge is 2.23. The van der Waals surface area contributed by atoms with Gasteiger partial charge in [0.1, 0.15) is 5.75 Å². The Labute approximate surface area is 166 Å². The van der Waals surface area contributed by atoms with Crippen LogP contribution < -0.4 is 15.4 Å². The number of rotatable bonds is 5. The Morgan fingerprint density at radius 1 is 1.30 bits per heavy atom. The molecular formula is C19H28ClN5O2. The first kappa shape index (κ1) is 21.2. The second kappa shape index (κ2) is 9.19. The number of carbonyl (C=O) groups excluding carboxylic acids is 1. The number of benzene rings is 1. The molecule has 1 aliphatic rings. The molecule has 1 fully saturated rings. The predicted octanol–water partition coefficient (Wildman–Crippen LogP) is 3.28. The summed E-state index contributed by atoms with van der Waals surface area (Å²) in [4.78, 5) is 12.6. The van der Waals surface area contributed by atoms with E-state index in [-0.39, 0.29) is 24.4 Å². The minimum atomic E-state index is -0.236. The molecule has 27 heavy (non-hydrogen) atoms. The van der Waals surface area contributed by atoms with E-state index >= 15 is 0 Å². The molecule has 1 amide bonds. The largest absolute Gasteiger partial charge is 0.491 e. The van der Waals surface area contributed by atoms with Crippen molar-refractivity contribution in [3.63, 3.8) is 0 Å². The Balaban J connectivity index is 0.00000261. The standard InChI is InChI=1S/C19H27N5O2.ClH/c1-12(2)26-17-6-5-15(11-13(17)3)21-19(25)18-14(4)24(23-22-18)16-7-9-20-10-8-16;/h5-6,11-12,16,20H,7-10H2,1-4H3,(H,21,25);1H. The molecule has 0 bridgehead atoms. The third-order valence-corrected chi connectivity index (χ3v) is 4.59. The summed E-state index contributed by atoms with van der Waals surface area (Å²) in [6, 6.07) is 5.93. The van der Waals surface area contributed by atoms with E-state index in [4.69, 9.17) is 4.74 Å². The molecular weight excluding hydrogens is 366 g/mol. The van der Waals surface area contributed by atoms with Gasteiger partial charge in [-0.1, -0.05) is 5.21 Å². The van der Waals surface area contributed by atoms with E-state index in [0.29, 0.717) is 11.7 Å². The van der Waals surface area contributed by atoms with Crippen molar-refractivity contribution in [2.75, 3.05) is 18.4 Å². The lowest BCUT2D eigenvalue weighted by Crippen LogP contribution is -2.30. The van der Waals surface area contributed by atoms with Gasteiger partial charge in [0.05, 0.1) is 17.8 Å². The summed E-state index contributed by atoms with van der Waals surface area (Å²) in [6.45, 7) is 9.78. The van der Waals surface area contributed by atoms with Crippen LogP contribution in [0, 0.1) is 13.8 Å². The van der Waals surface area contributed by atoms with Crippen molar-refractivity contribution in [2.45, 2.75) is 52.7 Å². The van der Waals surface area contributed by atoms with Crippen LogP contribution in [0.15, 0.2) is 18.2 Å². The molecule has 7 nitrogen and oxygen atoms in total. The van der Waals surface area contributed by atoms with Crippen molar-refractivity contribution in [3.8, 4) is 5.75 Å². The second-order valence-corrected chi connectivity index (χ2v) is 7.05. The molecule has 2 N–H and O–H groups in total. The van der Waals surface area contributed by atoms with E-state index in [1.165, 1.54) is 0 Å². The Morgan fingerprint density at radius 3 is 2.63 bits per heavy atom. The summed E-state index contributed by atoms with van der Waals surface area (Å²) in [5.74, 6) is 0.589. The van der Waals surface area contributed by atoms with Crippen molar-refractivity contribution >= 4 is 24.0 Å². The summed E-state index contributed by atoms with van der Waals surface area (Å²) in [5.41, 5.74) is 2.89. The highest BCUT2D eigenvalue weighted by molar-refractivity contribution is 6.03. The third-order valence-electron chi connectivity index (χ3n) is 4.59. The van der Waals surface area contributed by atoms with Crippen LogP contribution in [0.3, 0.4) is 0 Å². The molecule has 0 aliphatic carbocycles. The number of amides is 1. The van der Waals surface area contributed by atoms with Gasteiger partial charge in [0, 0.05) is 5.69 Å². The molecule has 1 saturated heterocycles. The summed E-state index contributed by atoms with van der Waals surface area (Å²) in [6.07, 6.45) is 2.12. The van der Waals surface area contributed by atoms with Crippen LogP contribution in [0.25, 0.3) is 0 Å². The normalized spacial score (nSPS) is 14.7. The fourth-order valence-corrected chi connectivity index (χ4v) is 3.25. The first-order valence-electron chi connectivity index (χ1n) is 9.17. The SMILES string of the molecule is Cc1cc(NC(=O)c2nnn(C3CCNCC3)c2C)ccc1OC(C)C.Cl. The Bertz CT molecular complexity index is 784. The van der Waals surface area contributed by atoms with Crippen molar-refractivity contribution in [1.82, 2.24) is 20.3 Å². The molecule has 0 spiro atoms. The lowest BCUT2D eigenvalue weighted by Gasteiger charge is -2.23. The van der Waals surface area contributed by atoms with Gasteiger partial charge in [-0.2, -0.15) is 0 Å². The quantitative estimate of drug-likeness (QED) is 0.814. The number of halogens is 1. The van der Waals surface area contributed by atoms with Crippen LogP contribution in [0.4, 0.5) is 5.69 Å². The average Bonchev–Trinajstić information content (AvgIpc) is 2.99. The number of hydrogen-bond acceptors (Lipinski definition) is 5. The van der Waals surface area contributed by atoms with Gasteiger partial charge in [0.15, 0.2) is 5.69 Å². The molecule has 3 rings (SSSR count). The molecule has 2 heterocycles. The van der Waals surface area contributed by atoms with E-state index in [2.05, 4.69) is 20.9 Å². The van der Waals surface area contributed by atoms with Crippen LogP contribution >= 0.6 is 12.4 Å². The van der Waals surface area contributed by atoms with Gasteiger partial charge in [-0.25, -0.2) is 4.68 Å². The smallest absolute Gasteiger partial charge is 0.278 e. The van der Waals surface area contributed by atoms with Gasteiger partial charge in [-0.15, -0.1) is 17.5 Å². The lowest BCUT2D eigenvalue weighted by atomic mass is 10.1. The minimum absolute atomic E-state index is 0. The summed E-state index contributed by atoms with van der Waals surface area (Å²) < 4.78 is 7.63. The number of hydrogen-bond donors (Lipinski definition) is 2. The molecule has 8 heteroatoms. The van der Waals surface area contributed by atoms with E-state index in [9.17, 15) is 4.79 Å². The van der Waals surface area contributed by atoms with Gasteiger partial charge in [-0.05, 0) is 77.4 Å². The van der Waals surface area contributed by atoms with E-state index < -0.39 is 0 Å². The number of carbonyl (C=O) groups is 1. The molecule has 0 saturated carbocycles. The number of nitrogens with one attached hydrogen (secondary N) is 2. The van der Waals surface area contributed by atoms with Crippen LogP contribution in [-0.4, -0.2) is 40.1 Å². The Kier molecular flexibility index (Phi) is 7.21. The lowest BCUT2D eigenvalue weighted by molar-refractivity contribution is 0.102. The van der Waals surface area contributed by atoms with Gasteiger partial charge < -0.3 is 15.4 Å². The molecule has 0 atom stereocenters. The van der Waals surface area contributed by atoms with Crippen LogP contribution in [0.5, 0.6) is 5.75 Å². The van der Waals surface area contributed by atoms with Crippen LogP contribution in [0.1, 0.15) is 54.5 Å².